The first-order chi connectivity index (χ1) is 8.25. The molecule has 1 N–H and O–H groups in total. The van der Waals surface area contributed by atoms with Crippen molar-refractivity contribution in [3.05, 3.63) is 29.3 Å². The summed E-state index contributed by atoms with van der Waals surface area (Å²) >= 11 is 0. The van der Waals surface area contributed by atoms with Crippen molar-refractivity contribution in [2.75, 3.05) is 6.79 Å². The molecule has 18 heavy (non-hydrogen) atoms. The van der Waals surface area contributed by atoms with Crippen LogP contribution in [0.3, 0.4) is 0 Å². The van der Waals surface area contributed by atoms with Gasteiger partial charge in [-0.2, -0.15) is 8.42 Å². The van der Waals surface area contributed by atoms with E-state index in [1.807, 2.05) is 0 Å². The van der Waals surface area contributed by atoms with Crippen molar-refractivity contribution < 1.29 is 35.4 Å². The maximum Gasteiger partial charge on any atom is 0.697 e. The molecule has 0 aromatic heterocycles. The lowest BCUT2D eigenvalue weighted by atomic mass is 10.2. The maximum absolute atomic E-state index is 13.3. The van der Waals surface area contributed by atoms with Gasteiger partial charge in [0.2, 0.25) is 6.79 Å². The summed E-state index contributed by atoms with van der Waals surface area (Å²) in [6, 6.07) is 1.40. The van der Waals surface area contributed by atoms with E-state index in [1.54, 1.807) is 0 Å². The molecule has 100 valence electrons. The van der Waals surface area contributed by atoms with Gasteiger partial charge in [-0.25, -0.2) is 13.0 Å². The molecular formula is C8H8F2O6PS+. The van der Waals surface area contributed by atoms with Gasteiger partial charge < -0.3 is 0 Å². The molecule has 0 aliphatic heterocycles. The number of halogens is 2. The first-order valence-electron chi connectivity index (χ1n) is 4.39. The first kappa shape index (κ1) is 15.1. The Labute approximate surface area is 102 Å². The second-order valence-electron chi connectivity index (χ2n) is 3.04. The summed E-state index contributed by atoms with van der Waals surface area (Å²) in [7, 11) is -7.67. The van der Waals surface area contributed by atoms with Crippen LogP contribution in [0, 0.1) is 18.6 Å². The predicted molar refractivity (Wildman–Crippen MR) is 55.1 cm³/mol. The summed E-state index contributed by atoms with van der Waals surface area (Å²) in [6.07, 6.45) is 0. The molecule has 0 saturated carbocycles. The van der Waals surface area contributed by atoms with Crippen molar-refractivity contribution in [1.82, 2.24) is 0 Å². The van der Waals surface area contributed by atoms with E-state index >= 15 is 0 Å². The molecule has 1 atom stereocenters. The maximum atomic E-state index is 13.3. The van der Waals surface area contributed by atoms with Crippen molar-refractivity contribution in [2.24, 2.45) is 0 Å². The summed E-state index contributed by atoms with van der Waals surface area (Å²) in [5.74, 6) is -2.12. The van der Waals surface area contributed by atoms with Gasteiger partial charge in [0, 0.05) is 10.1 Å². The van der Waals surface area contributed by atoms with Crippen molar-refractivity contribution in [2.45, 2.75) is 11.8 Å². The Hall–Kier alpha value is -0.990. The second kappa shape index (κ2) is 5.77. The van der Waals surface area contributed by atoms with Crippen LogP contribution in [-0.2, 0) is 23.4 Å². The molecule has 0 amide bonds. The molecule has 1 unspecified atom stereocenters. The molecule has 0 aliphatic carbocycles. The Bertz CT molecular complexity index is 573. The summed E-state index contributed by atoms with van der Waals surface area (Å²) < 4.78 is 67.7. The summed E-state index contributed by atoms with van der Waals surface area (Å²) in [4.78, 5) is 7.28. The zero-order valence-electron chi connectivity index (χ0n) is 8.96. The Kier molecular flexibility index (Phi) is 4.83. The summed E-state index contributed by atoms with van der Waals surface area (Å²) in [6.45, 7) is -0.0223. The van der Waals surface area contributed by atoms with Crippen LogP contribution in [0.4, 0.5) is 8.78 Å². The van der Waals surface area contributed by atoms with Crippen LogP contribution in [0.5, 0.6) is 0 Å². The minimum Gasteiger partial charge on any atom is -0.232 e. The molecule has 0 radical (unpaired) electrons. The quantitative estimate of drug-likeness (QED) is 0.505. The standard InChI is InChI=1S/C8H7F2O6PS/c1-5-6(9)2-3-7(10)8(5)18(13,14)16-4-15-17(11)12/h2-3H,4H2,1H3/p+1. The van der Waals surface area contributed by atoms with E-state index in [0.29, 0.717) is 6.07 Å². The minimum atomic E-state index is -4.62. The monoisotopic (exact) mass is 301 g/mol. The van der Waals surface area contributed by atoms with Crippen LogP contribution < -0.4 is 0 Å². The predicted octanol–water partition coefficient (Wildman–Crippen LogP) is 1.60. The molecular weight excluding hydrogens is 293 g/mol. The van der Waals surface area contributed by atoms with Crippen molar-refractivity contribution in [1.29, 1.82) is 0 Å². The lowest BCUT2D eigenvalue weighted by Crippen LogP contribution is -2.12. The van der Waals surface area contributed by atoms with Crippen LogP contribution in [0.1, 0.15) is 5.56 Å². The van der Waals surface area contributed by atoms with E-state index in [9.17, 15) is 21.8 Å². The zero-order valence-corrected chi connectivity index (χ0v) is 10.7. The number of benzene rings is 1. The SMILES string of the molecule is Cc1c(F)ccc(F)c1S(=O)(=O)OCO[P+](=O)O. The highest BCUT2D eigenvalue weighted by Crippen LogP contribution is 2.24. The second-order valence-corrected chi connectivity index (χ2v) is 5.33. The van der Waals surface area contributed by atoms with Gasteiger partial charge in [0.05, 0.1) is 0 Å². The van der Waals surface area contributed by atoms with Gasteiger partial charge in [-0.1, -0.05) is 4.52 Å². The summed E-state index contributed by atoms with van der Waals surface area (Å²) in [5.41, 5.74) is -0.455. The Morgan fingerprint density at radius 3 is 2.44 bits per heavy atom. The van der Waals surface area contributed by atoms with Crippen LogP contribution in [-0.4, -0.2) is 20.1 Å². The van der Waals surface area contributed by atoms with E-state index in [0.717, 1.165) is 13.0 Å². The van der Waals surface area contributed by atoms with E-state index in [2.05, 4.69) is 8.71 Å². The van der Waals surface area contributed by atoms with Crippen molar-refractivity contribution in [3.8, 4) is 0 Å². The van der Waals surface area contributed by atoms with Crippen LogP contribution in [0.15, 0.2) is 17.0 Å². The molecule has 0 heterocycles. The number of hydrogen-bond acceptors (Lipinski definition) is 5. The number of rotatable bonds is 5. The lowest BCUT2D eigenvalue weighted by molar-refractivity contribution is 0.120. The zero-order chi connectivity index (χ0) is 13.9. The molecule has 1 aromatic rings. The van der Waals surface area contributed by atoms with Gasteiger partial charge >= 0.3 is 18.4 Å². The molecule has 6 nitrogen and oxygen atoms in total. The molecule has 1 rings (SSSR count). The molecule has 0 saturated heterocycles. The van der Waals surface area contributed by atoms with E-state index < -0.39 is 47.3 Å². The van der Waals surface area contributed by atoms with Crippen molar-refractivity contribution in [3.63, 3.8) is 0 Å². The average molecular weight is 301 g/mol. The van der Waals surface area contributed by atoms with E-state index in [-0.39, 0.29) is 0 Å². The Balaban J connectivity index is 3.05. The van der Waals surface area contributed by atoms with Gasteiger partial charge in [-0.05, 0) is 19.1 Å². The minimum absolute atomic E-state index is 0.455. The van der Waals surface area contributed by atoms with E-state index in [4.69, 9.17) is 4.89 Å². The fraction of sp³-hybridized carbons (Fsp3) is 0.250. The number of hydrogen-bond donors (Lipinski definition) is 1. The van der Waals surface area contributed by atoms with Crippen LogP contribution in [0.2, 0.25) is 0 Å². The molecule has 10 heteroatoms. The summed E-state index contributed by atoms with van der Waals surface area (Å²) in [5, 5.41) is 0. The molecule has 0 aliphatic rings. The van der Waals surface area contributed by atoms with Crippen LogP contribution in [0.25, 0.3) is 0 Å². The highest BCUT2D eigenvalue weighted by Gasteiger charge is 2.26. The molecule has 0 fully saturated rings. The highest BCUT2D eigenvalue weighted by molar-refractivity contribution is 7.86. The Morgan fingerprint density at radius 1 is 1.33 bits per heavy atom. The van der Waals surface area contributed by atoms with Crippen molar-refractivity contribution >= 4 is 18.4 Å². The largest absolute Gasteiger partial charge is 0.697 e. The average Bonchev–Trinajstić information content (AvgIpc) is 2.23. The third-order valence-corrected chi connectivity index (χ3v) is 3.64. The van der Waals surface area contributed by atoms with Crippen LogP contribution >= 0.6 is 8.25 Å². The molecule has 0 spiro atoms. The molecule has 0 bridgehead atoms. The van der Waals surface area contributed by atoms with Gasteiger partial charge in [0.15, 0.2) is 0 Å². The normalized spacial score (nSPS) is 12.6. The fourth-order valence-corrected chi connectivity index (χ4v) is 2.42. The third-order valence-electron chi connectivity index (χ3n) is 1.91. The highest BCUT2D eigenvalue weighted by atomic mass is 32.2. The first-order valence-corrected chi connectivity index (χ1v) is 6.92. The fourth-order valence-electron chi connectivity index (χ4n) is 1.13. The smallest absolute Gasteiger partial charge is 0.232 e. The lowest BCUT2D eigenvalue weighted by Gasteiger charge is -2.07. The van der Waals surface area contributed by atoms with Gasteiger partial charge in [-0.3, -0.25) is 0 Å². The van der Waals surface area contributed by atoms with Gasteiger partial charge in [-0.15, -0.1) is 4.89 Å². The van der Waals surface area contributed by atoms with Gasteiger partial charge in [0.1, 0.15) is 16.5 Å². The van der Waals surface area contributed by atoms with Gasteiger partial charge in [0.25, 0.3) is 0 Å². The Morgan fingerprint density at radius 2 is 1.89 bits per heavy atom. The van der Waals surface area contributed by atoms with E-state index in [1.165, 1.54) is 0 Å². The topological polar surface area (TPSA) is 89.9 Å². The third kappa shape index (κ3) is 3.50. The molecule has 1 aromatic carbocycles.